The number of hydrogen-bond donors (Lipinski definition) is 2. The predicted octanol–water partition coefficient (Wildman–Crippen LogP) is 6.84. The first-order valence-corrected chi connectivity index (χ1v) is 17.7. The molecular weight excluding hydrogens is 681 g/mol. The number of rotatable bonds is 11. The molecule has 16 heteroatoms. The highest BCUT2D eigenvalue weighted by molar-refractivity contribution is 7.92. The Morgan fingerprint density at radius 2 is 1.63 bits per heavy atom. The smallest absolute Gasteiger partial charge is 0.268 e. The number of hydrogen-bond acceptors (Lipinski definition) is 10. The molecule has 4 heterocycles. The van der Waals surface area contributed by atoms with E-state index in [0.717, 1.165) is 23.2 Å². The van der Waals surface area contributed by atoms with Gasteiger partial charge >= 0.3 is 0 Å². The normalized spacial score (nSPS) is 14.0. The van der Waals surface area contributed by atoms with E-state index in [4.69, 9.17) is 4.98 Å². The summed E-state index contributed by atoms with van der Waals surface area (Å²) in [5.74, 6) is -2.78. The second-order valence-corrected chi connectivity index (χ2v) is 14.2. The van der Waals surface area contributed by atoms with Gasteiger partial charge in [-0.3, -0.25) is 9.62 Å². The number of halogens is 4. The number of piperazine rings is 1. The zero-order valence-corrected chi connectivity index (χ0v) is 28.1. The molecule has 0 bridgehead atoms. The summed E-state index contributed by atoms with van der Waals surface area (Å²) in [7, 11) is -4.65. The van der Waals surface area contributed by atoms with Crippen LogP contribution in [0, 0.1) is 17.5 Å². The van der Waals surface area contributed by atoms with E-state index in [0.29, 0.717) is 65.9 Å². The van der Waals surface area contributed by atoms with Gasteiger partial charge in [0.2, 0.25) is 5.95 Å². The lowest BCUT2D eigenvalue weighted by Gasteiger charge is -2.35. The fourth-order valence-electron chi connectivity index (χ4n) is 5.36. The number of thiazole rings is 1. The number of aromatic nitrogens is 4. The minimum atomic E-state index is -4.65. The van der Waals surface area contributed by atoms with Gasteiger partial charge < -0.3 is 10.2 Å². The number of anilines is 4. The predicted molar refractivity (Wildman–Crippen MR) is 182 cm³/mol. The number of sulfonamides is 1. The van der Waals surface area contributed by atoms with Crippen molar-refractivity contribution < 1.29 is 26.0 Å². The van der Waals surface area contributed by atoms with Crippen LogP contribution in [0.1, 0.15) is 24.8 Å². The summed E-state index contributed by atoms with van der Waals surface area (Å²) in [5.41, 5.74) is 2.39. The highest BCUT2D eigenvalue weighted by Crippen LogP contribution is 2.39. The van der Waals surface area contributed by atoms with Crippen LogP contribution >= 0.6 is 11.3 Å². The molecule has 1 aliphatic heterocycles. The zero-order chi connectivity index (χ0) is 34.7. The highest BCUT2D eigenvalue weighted by Gasteiger charge is 2.26. The molecule has 0 atom stereocenters. The van der Waals surface area contributed by atoms with Crippen molar-refractivity contribution in [3.63, 3.8) is 0 Å². The Hall–Kier alpha value is -4.67. The van der Waals surface area contributed by atoms with E-state index in [2.05, 4.69) is 25.0 Å². The van der Waals surface area contributed by atoms with Crippen LogP contribution in [0.25, 0.3) is 21.8 Å². The fraction of sp³-hybridized carbons (Fsp3) is 0.273. The van der Waals surface area contributed by atoms with Gasteiger partial charge in [0.25, 0.3) is 10.0 Å². The lowest BCUT2D eigenvalue weighted by Crippen LogP contribution is -2.47. The van der Waals surface area contributed by atoms with Crippen molar-refractivity contribution >= 4 is 44.5 Å². The summed E-state index contributed by atoms with van der Waals surface area (Å²) in [6.45, 7) is 6.45. The van der Waals surface area contributed by atoms with Gasteiger partial charge in [-0.2, -0.15) is 0 Å². The molecule has 1 aliphatic rings. The van der Waals surface area contributed by atoms with E-state index in [1.165, 1.54) is 29.7 Å². The Morgan fingerprint density at radius 3 is 2.33 bits per heavy atom. The Labute approximate surface area is 284 Å². The standard InChI is InChI=1S/C33H32F4N8O2S2/c1-20(2)32-42-29(21-8-11-38-28(18-21)43-49(46,47)31-23(35)4-3-5-24(31)36)30(48-32)26-9-12-39-33(41-26)40-22-6-7-27(25(37)19-22)45-16-14-44(13-10-34)15-17-45/h3-9,11-12,18-20H,10,13-17H2,1-2H3,(H,38,43)(H,39,40,41). The van der Waals surface area contributed by atoms with E-state index in [-0.39, 0.29) is 17.7 Å². The number of pyridine rings is 1. The maximum absolute atomic E-state index is 15.2. The van der Waals surface area contributed by atoms with Crippen LogP contribution in [0.4, 0.5) is 40.7 Å². The molecule has 10 nitrogen and oxygen atoms in total. The molecule has 0 unspecified atom stereocenters. The van der Waals surface area contributed by atoms with Crippen LogP contribution in [-0.4, -0.2) is 72.7 Å². The first-order chi connectivity index (χ1) is 23.5. The molecular formula is C33H32F4N8O2S2. The fourth-order valence-corrected chi connectivity index (χ4v) is 7.56. The average Bonchev–Trinajstić information content (AvgIpc) is 3.52. The molecule has 1 fully saturated rings. The van der Waals surface area contributed by atoms with Gasteiger partial charge in [-0.05, 0) is 48.5 Å². The minimum absolute atomic E-state index is 0.0499. The second-order valence-electron chi connectivity index (χ2n) is 11.5. The van der Waals surface area contributed by atoms with Crippen molar-refractivity contribution in [2.45, 2.75) is 24.7 Å². The molecule has 1 saturated heterocycles. The Bertz CT molecular complexity index is 2050. The minimum Gasteiger partial charge on any atom is -0.367 e. The summed E-state index contributed by atoms with van der Waals surface area (Å²) in [4.78, 5) is 21.3. The molecule has 0 saturated carbocycles. The quantitative estimate of drug-likeness (QED) is 0.142. The Kier molecular flexibility index (Phi) is 10.1. The SMILES string of the molecule is CC(C)c1nc(-c2ccnc(NS(=O)(=O)c3c(F)cccc3F)c2)c(-c2ccnc(Nc3ccc(N4CCN(CCF)CC4)c(F)c3)n2)s1. The third-order valence-corrected chi connectivity index (χ3v) is 10.6. The van der Waals surface area contributed by atoms with E-state index < -0.39 is 39.0 Å². The molecule has 2 N–H and O–H groups in total. The monoisotopic (exact) mass is 712 g/mol. The maximum Gasteiger partial charge on any atom is 0.268 e. The van der Waals surface area contributed by atoms with Gasteiger partial charge in [0.05, 0.1) is 27.0 Å². The van der Waals surface area contributed by atoms with Gasteiger partial charge in [0.15, 0.2) is 4.90 Å². The van der Waals surface area contributed by atoms with Gasteiger partial charge in [0.1, 0.15) is 29.9 Å². The number of benzene rings is 2. The first-order valence-electron chi connectivity index (χ1n) is 15.4. The molecule has 49 heavy (non-hydrogen) atoms. The van der Waals surface area contributed by atoms with Crippen LogP contribution in [0.3, 0.4) is 0 Å². The first kappa shape index (κ1) is 34.2. The topological polar surface area (TPSA) is 116 Å². The number of nitrogens with zero attached hydrogens (tertiary/aromatic N) is 6. The van der Waals surface area contributed by atoms with Crippen molar-refractivity contribution in [1.29, 1.82) is 0 Å². The maximum atomic E-state index is 15.2. The van der Waals surface area contributed by atoms with Crippen LogP contribution in [0.2, 0.25) is 0 Å². The van der Waals surface area contributed by atoms with Gasteiger partial charge in [-0.1, -0.05) is 19.9 Å². The van der Waals surface area contributed by atoms with E-state index >= 15 is 4.39 Å². The lowest BCUT2D eigenvalue weighted by molar-refractivity contribution is 0.235. The number of alkyl halides is 1. The molecule has 3 aromatic heterocycles. The average molecular weight is 713 g/mol. The number of nitrogens with one attached hydrogen (secondary N) is 2. The summed E-state index contributed by atoms with van der Waals surface area (Å²) >= 11 is 1.40. The van der Waals surface area contributed by atoms with Gasteiger partial charge in [0, 0.05) is 62.3 Å². The van der Waals surface area contributed by atoms with Crippen molar-refractivity contribution in [2.24, 2.45) is 0 Å². The Balaban J connectivity index is 1.25. The molecule has 0 amide bonds. The summed E-state index contributed by atoms with van der Waals surface area (Å²) < 4.78 is 84.5. The van der Waals surface area contributed by atoms with Crippen molar-refractivity contribution in [3.05, 3.63) is 89.5 Å². The lowest BCUT2D eigenvalue weighted by atomic mass is 10.1. The zero-order valence-electron chi connectivity index (χ0n) is 26.5. The van der Waals surface area contributed by atoms with Crippen molar-refractivity contribution in [3.8, 4) is 21.8 Å². The molecule has 0 spiro atoms. The van der Waals surface area contributed by atoms with E-state index in [1.807, 2.05) is 23.6 Å². The van der Waals surface area contributed by atoms with Crippen LogP contribution in [-0.2, 0) is 10.0 Å². The highest BCUT2D eigenvalue weighted by atomic mass is 32.2. The third-order valence-electron chi connectivity index (χ3n) is 7.80. The van der Waals surface area contributed by atoms with Gasteiger partial charge in [-0.15, -0.1) is 11.3 Å². The van der Waals surface area contributed by atoms with Crippen molar-refractivity contribution in [1.82, 2.24) is 24.8 Å². The van der Waals surface area contributed by atoms with Crippen LogP contribution in [0.15, 0.2) is 71.9 Å². The second kappa shape index (κ2) is 14.4. The molecule has 0 radical (unpaired) electrons. The van der Waals surface area contributed by atoms with E-state index in [9.17, 15) is 21.6 Å². The van der Waals surface area contributed by atoms with E-state index in [1.54, 1.807) is 30.5 Å². The van der Waals surface area contributed by atoms with Crippen LogP contribution in [0.5, 0.6) is 0 Å². The molecule has 6 rings (SSSR count). The summed E-state index contributed by atoms with van der Waals surface area (Å²) in [5, 5.41) is 3.85. The summed E-state index contributed by atoms with van der Waals surface area (Å²) in [6, 6.07) is 12.3. The largest absolute Gasteiger partial charge is 0.367 e. The molecule has 256 valence electrons. The summed E-state index contributed by atoms with van der Waals surface area (Å²) in [6.07, 6.45) is 2.91. The van der Waals surface area contributed by atoms with Crippen LogP contribution < -0.4 is 14.9 Å². The third kappa shape index (κ3) is 7.66. The molecule has 5 aromatic rings. The van der Waals surface area contributed by atoms with Gasteiger partial charge in [-0.25, -0.2) is 45.9 Å². The Morgan fingerprint density at radius 1 is 0.898 bits per heavy atom. The van der Waals surface area contributed by atoms with Crippen molar-refractivity contribution in [2.75, 3.05) is 54.3 Å². The molecule has 0 aliphatic carbocycles. The molecule has 2 aromatic carbocycles.